The van der Waals surface area contributed by atoms with E-state index in [1.54, 1.807) is 0 Å². The van der Waals surface area contributed by atoms with Crippen LogP contribution in [0.2, 0.25) is 0 Å². The average Bonchev–Trinajstić information content (AvgIpc) is 3.04. The maximum absolute atomic E-state index is 12.4. The van der Waals surface area contributed by atoms with Crippen LogP contribution in [0.3, 0.4) is 0 Å². The van der Waals surface area contributed by atoms with E-state index in [0.717, 1.165) is 51.5 Å². The smallest absolute Gasteiger partial charge is 0.242 e. The van der Waals surface area contributed by atoms with Crippen LogP contribution in [0, 0.1) is 5.92 Å². The molecule has 2 rings (SSSR count). The molecule has 0 bridgehead atoms. The fraction of sp³-hybridized carbons (Fsp3) is 0.857. The minimum Gasteiger partial charge on any atom is -0.354 e. The van der Waals surface area contributed by atoms with Crippen LogP contribution >= 0.6 is 0 Å². The Bertz CT molecular complexity index is 311. The van der Waals surface area contributed by atoms with E-state index in [0.29, 0.717) is 6.54 Å². The van der Waals surface area contributed by atoms with Gasteiger partial charge in [-0.1, -0.05) is 19.8 Å². The maximum Gasteiger partial charge on any atom is 0.242 e. The number of likely N-dealkylation sites (tertiary alicyclic amines) is 1. The lowest BCUT2D eigenvalue weighted by atomic mass is 10.1. The van der Waals surface area contributed by atoms with Crippen LogP contribution in [0.15, 0.2) is 0 Å². The second-order valence-corrected chi connectivity index (χ2v) is 5.46. The van der Waals surface area contributed by atoms with Crippen molar-refractivity contribution in [2.24, 2.45) is 5.92 Å². The summed E-state index contributed by atoms with van der Waals surface area (Å²) in [5.41, 5.74) is 0. The van der Waals surface area contributed by atoms with Gasteiger partial charge < -0.3 is 10.2 Å². The van der Waals surface area contributed by atoms with Gasteiger partial charge in [-0.05, 0) is 32.1 Å². The van der Waals surface area contributed by atoms with Crippen molar-refractivity contribution in [2.45, 2.75) is 57.9 Å². The molecular formula is C14H24N2O2. The molecule has 1 unspecified atom stereocenters. The zero-order chi connectivity index (χ0) is 13.0. The summed E-state index contributed by atoms with van der Waals surface area (Å²) in [5.74, 6) is 0.451. The Kier molecular flexibility index (Phi) is 4.61. The third-order valence-electron chi connectivity index (χ3n) is 4.09. The Balaban J connectivity index is 1.93. The Hall–Kier alpha value is -1.06. The Morgan fingerprint density at radius 3 is 2.56 bits per heavy atom. The molecule has 1 saturated heterocycles. The van der Waals surface area contributed by atoms with Gasteiger partial charge >= 0.3 is 0 Å². The normalized spacial score (nSPS) is 24.5. The van der Waals surface area contributed by atoms with Crippen LogP contribution in [0.1, 0.15) is 51.9 Å². The number of carbonyl (C=O) groups is 2. The quantitative estimate of drug-likeness (QED) is 0.828. The van der Waals surface area contributed by atoms with E-state index in [9.17, 15) is 9.59 Å². The first-order chi connectivity index (χ1) is 8.74. The van der Waals surface area contributed by atoms with Gasteiger partial charge in [0.2, 0.25) is 11.8 Å². The number of nitrogens with one attached hydrogen (secondary N) is 1. The molecule has 18 heavy (non-hydrogen) atoms. The van der Waals surface area contributed by atoms with Gasteiger partial charge in [-0.25, -0.2) is 0 Å². The molecule has 2 fully saturated rings. The van der Waals surface area contributed by atoms with Crippen LogP contribution in [0.25, 0.3) is 0 Å². The van der Waals surface area contributed by atoms with Crippen LogP contribution in [-0.2, 0) is 9.59 Å². The van der Waals surface area contributed by atoms with Gasteiger partial charge in [0.15, 0.2) is 0 Å². The summed E-state index contributed by atoms with van der Waals surface area (Å²) in [5, 5.41) is 2.92. The molecule has 1 N–H and O–H groups in total. The van der Waals surface area contributed by atoms with Gasteiger partial charge in [0, 0.05) is 19.0 Å². The molecule has 0 aromatic heterocycles. The molecule has 102 valence electrons. The van der Waals surface area contributed by atoms with Gasteiger partial charge in [-0.3, -0.25) is 9.59 Å². The standard InChI is InChI=1S/C14H24N2O2/c1-2-9-15-13(17)12-8-5-10-16(12)14(18)11-6-3-4-7-11/h11-12H,2-10H2,1H3,(H,15,17). The Morgan fingerprint density at radius 2 is 1.89 bits per heavy atom. The molecule has 1 heterocycles. The van der Waals surface area contributed by atoms with Crippen molar-refractivity contribution in [3.05, 3.63) is 0 Å². The van der Waals surface area contributed by atoms with E-state index in [4.69, 9.17) is 0 Å². The van der Waals surface area contributed by atoms with Crippen molar-refractivity contribution in [3.63, 3.8) is 0 Å². The molecular weight excluding hydrogens is 228 g/mol. The molecule has 1 saturated carbocycles. The summed E-state index contributed by atoms with van der Waals surface area (Å²) in [4.78, 5) is 26.2. The van der Waals surface area contributed by atoms with Crippen molar-refractivity contribution < 1.29 is 9.59 Å². The van der Waals surface area contributed by atoms with Crippen LogP contribution < -0.4 is 5.32 Å². The van der Waals surface area contributed by atoms with Gasteiger partial charge in [0.25, 0.3) is 0 Å². The number of rotatable bonds is 4. The van der Waals surface area contributed by atoms with E-state index in [1.807, 2.05) is 11.8 Å². The molecule has 4 heteroatoms. The second-order valence-electron chi connectivity index (χ2n) is 5.46. The lowest BCUT2D eigenvalue weighted by molar-refractivity contribution is -0.141. The van der Waals surface area contributed by atoms with Crippen molar-refractivity contribution >= 4 is 11.8 Å². The molecule has 0 aromatic rings. The molecule has 2 aliphatic rings. The maximum atomic E-state index is 12.4. The number of carbonyl (C=O) groups excluding carboxylic acids is 2. The van der Waals surface area contributed by atoms with Crippen molar-refractivity contribution in [1.82, 2.24) is 10.2 Å². The van der Waals surface area contributed by atoms with Crippen molar-refractivity contribution in [1.29, 1.82) is 0 Å². The number of hydrogen-bond donors (Lipinski definition) is 1. The number of amides is 2. The lowest BCUT2D eigenvalue weighted by Gasteiger charge is -2.26. The first kappa shape index (κ1) is 13.4. The minimum absolute atomic E-state index is 0.0423. The van der Waals surface area contributed by atoms with Crippen molar-refractivity contribution in [2.75, 3.05) is 13.1 Å². The highest BCUT2D eigenvalue weighted by atomic mass is 16.2. The molecule has 1 aliphatic heterocycles. The first-order valence-electron chi connectivity index (χ1n) is 7.32. The third kappa shape index (κ3) is 2.85. The zero-order valence-corrected chi connectivity index (χ0v) is 11.3. The second kappa shape index (κ2) is 6.21. The van der Waals surface area contributed by atoms with Gasteiger partial charge in [-0.15, -0.1) is 0 Å². The highest BCUT2D eigenvalue weighted by Crippen LogP contribution is 2.29. The molecule has 1 aliphatic carbocycles. The number of nitrogens with zero attached hydrogens (tertiary/aromatic N) is 1. The largest absolute Gasteiger partial charge is 0.354 e. The van der Waals surface area contributed by atoms with Crippen LogP contribution in [0.4, 0.5) is 0 Å². The zero-order valence-electron chi connectivity index (χ0n) is 11.3. The third-order valence-corrected chi connectivity index (χ3v) is 4.09. The predicted molar refractivity (Wildman–Crippen MR) is 70.0 cm³/mol. The van der Waals surface area contributed by atoms with Gasteiger partial charge in [0.1, 0.15) is 6.04 Å². The van der Waals surface area contributed by atoms with Crippen LogP contribution in [-0.4, -0.2) is 35.8 Å². The number of hydrogen-bond acceptors (Lipinski definition) is 2. The molecule has 0 aromatic carbocycles. The summed E-state index contributed by atoms with van der Waals surface area (Å²) >= 11 is 0. The Morgan fingerprint density at radius 1 is 1.17 bits per heavy atom. The summed E-state index contributed by atoms with van der Waals surface area (Å²) in [7, 11) is 0. The van der Waals surface area contributed by atoms with Gasteiger partial charge in [-0.2, -0.15) is 0 Å². The lowest BCUT2D eigenvalue weighted by Crippen LogP contribution is -2.47. The first-order valence-corrected chi connectivity index (χ1v) is 7.32. The van der Waals surface area contributed by atoms with Crippen LogP contribution in [0.5, 0.6) is 0 Å². The topological polar surface area (TPSA) is 49.4 Å². The minimum atomic E-state index is -0.204. The fourth-order valence-corrected chi connectivity index (χ4v) is 3.08. The highest BCUT2D eigenvalue weighted by molar-refractivity contribution is 5.89. The highest BCUT2D eigenvalue weighted by Gasteiger charge is 2.37. The summed E-state index contributed by atoms with van der Waals surface area (Å²) in [6.45, 7) is 3.51. The van der Waals surface area contributed by atoms with E-state index < -0.39 is 0 Å². The van der Waals surface area contributed by atoms with E-state index >= 15 is 0 Å². The predicted octanol–water partition coefficient (Wildman–Crippen LogP) is 1.69. The van der Waals surface area contributed by atoms with Gasteiger partial charge in [0.05, 0.1) is 0 Å². The van der Waals surface area contributed by atoms with E-state index in [2.05, 4.69) is 5.32 Å². The SMILES string of the molecule is CCCNC(=O)C1CCCN1C(=O)C1CCCC1. The Labute approximate surface area is 109 Å². The molecule has 4 nitrogen and oxygen atoms in total. The van der Waals surface area contributed by atoms with E-state index in [1.165, 1.54) is 0 Å². The molecule has 0 spiro atoms. The molecule has 1 atom stereocenters. The van der Waals surface area contributed by atoms with Crippen molar-refractivity contribution in [3.8, 4) is 0 Å². The summed E-state index contributed by atoms with van der Waals surface area (Å²) in [6, 6.07) is -0.204. The average molecular weight is 252 g/mol. The summed E-state index contributed by atoms with van der Waals surface area (Å²) in [6.07, 6.45) is 7.08. The van der Waals surface area contributed by atoms with E-state index in [-0.39, 0.29) is 23.8 Å². The fourth-order valence-electron chi connectivity index (χ4n) is 3.08. The summed E-state index contributed by atoms with van der Waals surface area (Å²) < 4.78 is 0. The monoisotopic (exact) mass is 252 g/mol. The molecule has 2 amide bonds. The molecule has 0 radical (unpaired) electrons.